The summed E-state index contributed by atoms with van der Waals surface area (Å²) in [4.78, 5) is 9.53. The second kappa shape index (κ2) is 7.24. The van der Waals surface area contributed by atoms with Crippen molar-refractivity contribution in [2.75, 3.05) is 7.11 Å². The molecular weight excluding hydrogens is 360 g/mol. The molecule has 0 bridgehead atoms. The zero-order valence-corrected chi connectivity index (χ0v) is 15.9. The number of fused-ring (bicyclic) bond motifs is 1. The maximum atomic E-state index is 6.08. The Bertz CT molecular complexity index is 1260. The zero-order chi connectivity index (χ0) is 19.6. The van der Waals surface area contributed by atoms with Gasteiger partial charge in [0.1, 0.15) is 11.3 Å². The van der Waals surface area contributed by atoms with Gasteiger partial charge in [-0.25, -0.2) is 9.97 Å². The minimum Gasteiger partial charge on any atom is -0.497 e. The second-order valence-electron chi connectivity index (χ2n) is 6.69. The molecule has 0 N–H and O–H groups in total. The third-order valence-corrected chi connectivity index (χ3v) is 4.86. The van der Waals surface area contributed by atoms with Crippen LogP contribution in [0.3, 0.4) is 0 Å². The molecule has 2 aromatic heterocycles. The number of pyridine rings is 1. The average molecular weight is 378 g/mol. The molecule has 0 aliphatic carbocycles. The Morgan fingerprint density at radius 2 is 1.34 bits per heavy atom. The van der Waals surface area contributed by atoms with E-state index in [1.54, 1.807) is 7.11 Å². The molecule has 0 saturated heterocycles. The maximum absolute atomic E-state index is 6.08. The highest BCUT2D eigenvalue weighted by atomic mass is 16.5. The summed E-state index contributed by atoms with van der Waals surface area (Å²) < 4.78 is 11.4. The summed E-state index contributed by atoms with van der Waals surface area (Å²) in [5.41, 5.74) is 6.07. The molecule has 0 aliphatic rings. The van der Waals surface area contributed by atoms with Gasteiger partial charge in [-0.3, -0.25) is 0 Å². The highest BCUT2D eigenvalue weighted by molar-refractivity contribution is 5.92. The van der Waals surface area contributed by atoms with E-state index in [4.69, 9.17) is 19.1 Å². The van der Waals surface area contributed by atoms with Crippen LogP contribution < -0.4 is 4.74 Å². The van der Waals surface area contributed by atoms with Crippen LogP contribution in [0.5, 0.6) is 5.75 Å². The number of benzene rings is 3. The SMILES string of the molecule is COc1ccc(-c2cc(-c3ccccc3)nc3oc(-c4ccccc4)nc23)cc1. The summed E-state index contributed by atoms with van der Waals surface area (Å²) in [6.45, 7) is 0. The molecule has 0 amide bonds. The monoisotopic (exact) mass is 378 g/mol. The van der Waals surface area contributed by atoms with Crippen LogP contribution >= 0.6 is 0 Å². The molecule has 0 spiro atoms. The van der Waals surface area contributed by atoms with Gasteiger partial charge >= 0.3 is 0 Å². The Morgan fingerprint density at radius 1 is 0.690 bits per heavy atom. The molecular formula is C25H18N2O2. The van der Waals surface area contributed by atoms with Gasteiger partial charge in [-0.05, 0) is 35.9 Å². The lowest BCUT2D eigenvalue weighted by Gasteiger charge is -2.07. The highest BCUT2D eigenvalue weighted by Crippen LogP contribution is 2.34. The molecule has 0 unspecified atom stereocenters. The molecule has 29 heavy (non-hydrogen) atoms. The quantitative estimate of drug-likeness (QED) is 0.372. The van der Waals surface area contributed by atoms with Gasteiger partial charge in [0.15, 0.2) is 0 Å². The second-order valence-corrected chi connectivity index (χ2v) is 6.69. The van der Waals surface area contributed by atoms with Crippen molar-refractivity contribution in [1.29, 1.82) is 0 Å². The van der Waals surface area contributed by atoms with Crippen LogP contribution in [0.25, 0.3) is 45.1 Å². The molecule has 140 valence electrons. The lowest BCUT2D eigenvalue weighted by atomic mass is 10.0. The van der Waals surface area contributed by atoms with E-state index in [9.17, 15) is 0 Å². The number of ether oxygens (including phenoxy) is 1. The van der Waals surface area contributed by atoms with Gasteiger partial charge in [0, 0.05) is 16.7 Å². The summed E-state index contributed by atoms with van der Waals surface area (Å²) >= 11 is 0. The van der Waals surface area contributed by atoms with Crippen molar-refractivity contribution in [3.63, 3.8) is 0 Å². The van der Waals surface area contributed by atoms with Crippen molar-refractivity contribution in [3.8, 4) is 39.6 Å². The molecule has 0 aliphatic heterocycles. The average Bonchev–Trinajstić information content (AvgIpc) is 3.24. The summed E-state index contributed by atoms with van der Waals surface area (Å²) in [6.07, 6.45) is 0. The van der Waals surface area contributed by atoms with Gasteiger partial charge in [-0.1, -0.05) is 60.7 Å². The Balaban J connectivity index is 1.74. The molecule has 0 atom stereocenters. The number of rotatable bonds is 4. The van der Waals surface area contributed by atoms with Gasteiger partial charge in [-0.2, -0.15) is 0 Å². The first-order valence-electron chi connectivity index (χ1n) is 9.39. The fourth-order valence-electron chi connectivity index (χ4n) is 3.36. The van der Waals surface area contributed by atoms with E-state index in [-0.39, 0.29) is 0 Å². The van der Waals surface area contributed by atoms with Gasteiger partial charge in [0.05, 0.1) is 12.8 Å². The predicted molar refractivity (Wildman–Crippen MR) is 115 cm³/mol. The van der Waals surface area contributed by atoms with E-state index in [1.807, 2.05) is 84.9 Å². The van der Waals surface area contributed by atoms with E-state index in [0.717, 1.165) is 39.2 Å². The normalized spacial score (nSPS) is 10.9. The third kappa shape index (κ3) is 3.25. The lowest BCUT2D eigenvalue weighted by Crippen LogP contribution is -1.89. The van der Waals surface area contributed by atoms with Crippen LogP contribution in [-0.4, -0.2) is 17.1 Å². The van der Waals surface area contributed by atoms with E-state index in [1.165, 1.54) is 0 Å². The van der Waals surface area contributed by atoms with Gasteiger partial charge < -0.3 is 9.15 Å². The number of aromatic nitrogens is 2. The Morgan fingerprint density at radius 3 is 2.00 bits per heavy atom. The molecule has 4 heteroatoms. The van der Waals surface area contributed by atoms with Crippen molar-refractivity contribution in [3.05, 3.63) is 91.0 Å². The van der Waals surface area contributed by atoms with Gasteiger partial charge in [0.2, 0.25) is 11.6 Å². The highest BCUT2D eigenvalue weighted by Gasteiger charge is 2.16. The van der Waals surface area contributed by atoms with Gasteiger partial charge in [0.25, 0.3) is 0 Å². The van der Waals surface area contributed by atoms with Gasteiger partial charge in [-0.15, -0.1) is 0 Å². The summed E-state index contributed by atoms with van der Waals surface area (Å²) in [5.74, 6) is 1.38. The Labute approximate surface area is 168 Å². The third-order valence-electron chi connectivity index (χ3n) is 4.86. The minimum absolute atomic E-state index is 0.524. The summed E-state index contributed by atoms with van der Waals surface area (Å²) in [6, 6.07) is 30.0. The van der Waals surface area contributed by atoms with Crippen molar-refractivity contribution in [2.45, 2.75) is 0 Å². The van der Waals surface area contributed by atoms with E-state index in [0.29, 0.717) is 11.6 Å². The topological polar surface area (TPSA) is 48.2 Å². The van der Waals surface area contributed by atoms with Crippen LogP contribution in [0.2, 0.25) is 0 Å². The maximum Gasteiger partial charge on any atom is 0.248 e. The first-order valence-corrected chi connectivity index (χ1v) is 9.39. The van der Waals surface area contributed by atoms with Crippen LogP contribution in [-0.2, 0) is 0 Å². The van der Waals surface area contributed by atoms with E-state index < -0.39 is 0 Å². The van der Waals surface area contributed by atoms with Crippen molar-refractivity contribution in [2.24, 2.45) is 0 Å². The fourth-order valence-corrected chi connectivity index (χ4v) is 3.36. The Hall–Kier alpha value is -3.92. The first kappa shape index (κ1) is 17.2. The number of nitrogens with zero attached hydrogens (tertiary/aromatic N) is 2. The van der Waals surface area contributed by atoms with Crippen molar-refractivity contribution >= 4 is 11.2 Å². The molecule has 4 nitrogen and oxygen atoms in total. The van der Waals surface area contributed by atoms with Crippen LogP contribution in [0.15, 0.2) is 95.4 Å². The molecule has 3 aromatic carbocycles. The molecule has 0 saturated carbocycles. The first-order chi connectivity index (χ1) is 14.3. The van der Waals surface area contributed by atoms with Crippen molar-refractivity contribution < 1.29 is 9.15 Å². The fraction of sp³-hybridized carbons (Fsp3) is 0.0400. The van der Waals surface area contributed by atoms with E-state index >= 15 is 0 Å². The van der Waals surface area contributed by atoms with Crippen LogP contribution in [0.4, 0.5) is 0 Å². The number of hydrogen-bond donors (Lipinski definition) is 0. The zero-order valence-electron chi connectivity index (χ0n) is 15.9. The molecule has 5 aromatic rings. The van der Waals surface area contributed by atoms with E-state index in [2.05, 4.69) is 6.07 Å². The number of oxazole rings is 1. The van der Waals surface area contributed by atoms with Crippen molar-refractivity contribution in [1.82, 2.24) is 9.97 Å². The molecule has 0 radical (unpaired) electrons. The molecule has 5 rings (SSSR count). The minimum atomic E-state index is 0.524. The molecule has 2 heterocycles. The standard InChI is InChI=1S/C25H18N2O2/c1-28-20-14-12-17(13-15-20)21-16-22(18-8-4-2-5-9-18)26-25-23(21)27-24(29-25)19-10-6-3-7-11-19/h2-16H,1H3. The number of hydrogen-bond acceptors (Lipinski definition) is 4. The molecule has 0 fully saturated rings. The smallest absolute Gasteiger partial charge is 0.248 e. The van der Waals surface area contributed by atoms with Crippen LogP contribution in [0, 0.1) is 0 Å². The largest absolute Gasteiger partial charge is 0.497 e. The Kier molecular flexibility index (Phi) is 4.30. The lowest BCUT2D eigenvalue weighted by molar-refractivity contribution is 0.415. The number of methoxy groups -OCH3 is 1. The summed E-state index contributed by atoms with van der Waals surface area (Å²) in [7, 11) is 1.66. The summed E-state index contributed by atoms with van der Waals surface area (Å²) in [5, 5.41) is 0. The van der Waals surface area contributed by atoms with Crippen LogP contribution in [0.1, 0.15) is 0 Å². The predicted octanol–water partition coefficient (Wildman–Crippen LogP) is 6.23.